The van der Waals surface area contributed by atoms with Gasteiger partial charge in [0.1, 0.15) is 5.75 Å². The Morgan fingerprint density at radius 3 is 2.47 bits per heavy atom. The lowest BCUT2D eigenvalue weighted by molar-refractivity contribution is 0.468. The van der Waals surface area contributed by atoms with Gasteiger partial charge in [0.15, 0.2) is 0 Å². The number of halogens is 1. The van der Waals surface area contributed by atoms with Crippen molar-refractivity contribution in [3.63, 3.8) is 0 Å². The summed E-state index contributed by atoms with van der Waals surface area (Å²) >= 11 is 6.17. The van der Waals surface area contributed by atoms with Gasteiger partial charge in [-0.1, -0.05) is 35.9 Å². The van der Waals surface area contributed by atoms with Gasteiger partial charge in [-0.3, -0.25) is 0 Å². The van der Waals surface area contributed by atoms with Gasteiger partial charge in [0, 0.05) is 21.9 Å². The van der Waals surface area contributed by atoms with Crippen LogP contribution in [-0.2, 0) is 0 Å². The molecule has 2 aromatic carbocycles. The van der Waals surface area contributed by atoms with E-state index < -0.39 is 0 Å². The second-order valence-corrected chi connectivity index (χ2v) is 4.53. The lowest BCUT2D eigenvalue weighted by Crippen LogP contribution is -1.91. The highest BCUT2D eigenvalue weighted by atomic mass is 35.5. The van der Waals surface area contributed by atoms with Gasteiger partial charge < -0.3 is 10.5 Å². The summed E-state index contributed by atoms with van der Waals surface area (Å²) in [6.07, 6.45) is 1.56. The zero-order valence-corrected chi connectivity index (χ0v) is 10.8. The van der Waals surface area contributed by atoms with Crippen molar-refractivity contribution in [2.24, 2.45) is 0 Å². The molecule has 0 radical (unpaired) electrons. The summed E-state index contributed by atoms with van der Waals surface area (Å²) in [4.78, 5) is 4.12. The lowest BCUT2D eigenvalue weighted by Gasteiger charge is -2.09. The molecule has 0 unspecified atom stereocenters. The maximum atomic E-state index is 6.17. The van der Waals surface area contributed by atoms with E-state index in [1.54, 1.807) is 18.3 Å². The molecular weight excluding hydrogens is 260 g/mol. The Labute approximate surface area is 115 Å². The molecule has 1 aromatic heterocycles. The zero-order valence-electron chi connectivity index (χ0n) is 10.0. The molecule has 0 amide bonds. The molecule has 3 aromatic rings. The summed E-state index contributed by atoms with van der Waals surface area (Å²) < 4.78 is 5.78. The van der Waals surface area contributed by atoms with E-state index in [4.69, 9.17) is 22.1 Å². The third kappa shape index (κ3) is 2.33. The van der Waals surface area contributed by atoms with Gasteiger partial charge in [-0.15, -0.1) is 0 Å². The van der Waals surface area contributed by atoms with Crippen molar-refractivity contribution in [3.8, 4) is 11.6 Å². The van der Waals surface area contributed by atoms with Crippen molar-refractivity contribution in [3.05, 3.63) is 59.8 Å². The molecule has 0 bridgehead atoms. The van der Waals surface area contributed by atoms with Gasteiger partial charge in [-0.05, 0) is 18.2 Å². The van der Waals surface area contributed by atoms with Crippen LogP contribution in [-0.4, -0.2) is 4.98 Å². The maximum Gasteiger partial charge on any atom is 0.219 e. The number of nitrogen functional groups attached to an aromatic ring is 1. The molecule has 3 nitrogen and oxygen atoms in total. The molecule has 3 rings (SSSR count). The molecule has 4 heteroatoms. The number of rotatable bonds is 2. The van der Waals surface area contributed by atoms with Crippen LogP contribution >= 0.6 is 11.6 Å². The molecule has 0 aliphatic carbocycles. The molecule has 0 atom stereocenters. The number of nitrogens with two attached hydrogens (primary N) is 1. The minimum absolute atomic E-state index is 0.502. The predicted molar refractivity (Wildman–Crippen MR) is 77.7 cm³/mol. The Hall–Kier alpha value is -2.26. The van der Waals surface area contributed by atoms with E-state index in [0.29, 0.717) is 16.6 Å². The van der Waals surface area contributed by atoms with Crippen molar-refractivity contribution in [1.82, 2.24) is 4.98 Å². The van der Waals surface area contributed by atoms with Crippen molar-refractivity contribution in [2.75, 3.05) is 5.73 Å². The van der Waals surface area contributed by atoms with Gasteiger partial charge in [-0.25, -0.2) is 4.98 Å². The first-order valence-electron chi connectivity index (χ1n) is 5.81. The SMILES string of the molecule is Nc1ccc(Oc2ccc(Cl)c3ccccc23)nc1. The quantitative estimate of drug-likeness (QED) is 0.757. The van der Waals surface area contributed by atoms with Crippen LogP contribution in [0.2, 0.25) is 5.02 Å². The van der Waals surface area contributed by atoms with Crippen molar-refractivity contribution in [1.29, 1.82) is 0 Å². The number of aromatic nitrogens is 1. The summed E-state index contributed by atoms with van der Waals surface area (Å²) in [5, 5.41) is 2.61. The summed E-state index contributed by atoms with van der Waals surface area (Å²) in [6, 6.07) is 15.0. The molecule has 0 saturated carbocycles. The number of benzene rings is 2. The minimum atomic E-state index is 0.502. The van der Waals surface area contributed by atoms with Crippen LogP contribution in [0.15, 0.2) is 54.7 Å². The Morgan fingerprint density at radius 1 is 0.947 bits per heavy atom. The van der Waals surface area contributed by atoms with Crippen LogP contribution in [0.1, 0.15) is 0 Å². The third-order valence-corrected chi connectivity index (χ3v) is 3.13. The normalized spacial score (nSPS) is 10.6. The molecule has 0 spiro atoms. The highest BCUT2D eigenvalue weighted by Crippen LogP contribution is 2.33. The number of nitrogens with zero attached hydrogens (tertiary/aromatic N) is 1. The first-order valence-corrected chi connectivity index (χ1v) is 6.18. The number of pyridine rings is 1. The van der Waals surface area contributed by atoms with Crippen molar-refractivity contribution < 1.29 is 4.74 Å². The van der Waals surface area contributed by atoms with Crippen molar-refractivity contribution >= 4 is 28.1 Å². The van der Waals surface area contributed by atoms with Gasteiger partial charge in [0.05, 0.1) is 11.9 Å². The van der Waals surface area contributed by atoms with E-state index in [1.807, 2.05) is 36.4 Å². The summed E-state index contributed by atoms with van der Waals surface area (Å²) in [7, 11) is 0. The topological polar surface area (TPSA) is 48.1 Å². The van der Waals surface area contributed by atoms with Gasteiger partial charge >= 0.3 is 0 Å². The lowest BCUT2D eigenvalue weighted by atomic mass is 10.1. The molecular formula is C15H11ClN2O. The average Bonchev–Trinajstić information content (AvgIpc) is 2.45. The monoisotopic (exact) mass is 270 g/mol. The maximum absolute atomic E-state index is 6.17. The second kappa shape index (κ2) is 4.78. The van der Waals surface area contributed by atoms with Crippen LogP contribution in [0, 0.1) is 0 Å². The number of fused-ring (bicyclic) bond motifs is 1. The molecule has 0 fully saturated rings. The van der Waals surface area contributed by atoms with Gasteiger partial charge in [-0.2, -0.15) is 0 Å². The Morgan fingerprint density at radius 2 is 1.74 bits per heavy atom. The molecule has 0 saturated heterocycles. The first-order chi connectivity index (χ1) is 9.24. The van der Waals surface area contributed by atoms with Crippen LogP contribution in [0.25, 0.3) is 10.8 Å². The van der Waals surface area contributed by atoms with Gasteiger partial charge in [0.25, 0.3) is 0 Å². The van der Waals surface area contributed by atoms with Crippen LogP contribution in [0.3, 0.4) is 0 Å². The van der Waals surface area contributed by atoms with E-state index >= 15 is 0 Å². The molecule has 94 valence electrons. The van der Waals surface area contributed by atoms with Crippen LogP contribution in [0.5, 0.6) is 11.6 Å². The van der Waals surface area contributed by atoms with Gasteiger partial charge in [0.2, 0.25) is 5.88 Å². The molecule has 19 heavy (non-hydrogen) atoms. The highest BCUT2D eigenvalue weighted by molar-refractivity contribution is 6.35. The Kier molecular flexibility index (Phi) is 2.97. The fourth-order valence-corrected chi connectivity index (χ4v) is 2.12. The molecule has 2 N–H and O–H groups in total. The van der Waals surface area contributed by atoms with E-state index in [-0.39, 0.29) is 0 Å². The molecule has 0 aliphatic rings. The second-order valence-electron chi connectivity index (χ2n) is 4.12. The number of ether oxygens (including phenoxy) is 1. The van der Waals surface area contributed by atoms with E-state index in [0.717, 1.165) is 16.5 Å². The summed E-state index contributed by atoms with van der Waals surface area (Å²) in [6.45, 7) is 0. The Balaban J connectivity index is 2.06. The number of anilines is 1. The Bertz CT molecular complexity index is 726. The standard InChI is InChI=1S/C15H11ClN2O/c16-13-6-7-14(12-4-2-1-3-11(12)13)19-15-8-5-10(17)9-18-15/h1-9H,17H2. The van der Waals surface area contributed by atoms with E-state index in [1.165, 1.54) is 0 Å². The van der Waals surface area contributed by atoms with E-state index in [2.05, 4.69) is 4.98 Å². The largest absolute Gasteiger partial charge is 0.438 e. The average molecular weight is 271 g/mol. The first kappa shape index (κ1) is 11.8. The highest BCUT2D eigenvalue weighted by Gasteiger charge is 2.06. The molecule has 1 heterocycles. The predicted octanol–water partition coefficient (Wildman–Crippen LogP) is 4.26. The number of hydrogen-bond acceptors (Lipinski definition) is 3. The van der Waals surface area contributed by atoms with Crippen LogP contribution in [0.4, 0.5) is 5.69 Å². The third-order valence-electron chi connectivity index (χ3n) is 2.80. The zero-order chi connectivity index (χ0) is 13.2. The van der Waals surface area contributed by atoms with E-state index in [9.17, 15) is 0 Å². The summed E-state index contributed by atoms with van der Waals surface area (Å²) in [5.74, 6) is 1.22. The van der Waals surface area contributed by atoms with Crippen LogP contribution < -0.4 is 10.5 Å². The fourth-order valence-electron chi connectivity index (χ4n) is 1.89. The molecule has 0 aliphatic heterocycles. The minimum Gasteiger partial charge on any atom is -0.438 e. The van der Waals surface area contributed by atoms with Crippen molar-refractivity contribution in [2.45, 2.75) is 0 Å². The smallest absolute Gasteiger partial charge is 0.219 e. The summed E-state index contributed by atoms with van der Waals surface area (Å²) in [5.41, 5.74) is 6.20. The number of hydrogen-bond donors (Lipinski definition) is 1. The fraction of sp³-hybridized carbons (Fsp3) is 0.